The molecule has 4 atom stereocenters. The minimum atomic E-state index is -5.00. The van der Waals surface area contributed by atoms with Crippen molar-refractivity contribution in [2.24, 2.45) is 0 Å². The van der Waals surface area contributed by atoms with E-state index < -0.39 is 40.8 Å². The molecule has 5 heterocycles. The number of aromatic nitrogens is 2. The van der Waals surface area contributed by atoms with E-state index >= 15 is 4.39 Å². The van der Waals surface area contributed by atoms with Gasteiger partial charge in [0.05, 0.1) is 5.54 Å². The fourth-order valence-electron chi connectivity index (χ4n) is 7.35. The highest BCUT2D eigenvalue weighted by Crippen LogP contribution is 2.42. The fraction of sp³-hybridized carbons (Fsp3) is 0.517. The third kappa shape index (κ3) is 4.61. The fourth-order valence-corrected chi connectivity index (χ4v) is 7.35. The Hall–Kier alpha value is -3.32. The maximum atomic E-state index is 16.2. The van der Waals surface area contributed by atoms with Crippen LogP contribution in [0.2, 0.25) is 0 Å². The first-order valence-corrected chi connectivity index (χ1v) is 14.2. The number of nitrogens with zero attached hydrogens (tertiary/aromatic N) is 4. The van der Waals surface area contributed by atoms with Crippen LogP contribution in [0.25, 0.3) is 22.0 Å². The van der Waals surface area contributed by atoms with Crippen LogP contribution in [0, 0.1) is 11.6 Å². The molecule has 3 N–H and O–H groups in total. The Morgan fingerprint density at radius 3 is 2.55 bits per heavy atom. The van der Waals surface area contributed by atoms with Gasteiger partial charge in [-0.3, -0.25) is 4.90 Å². The Bertz CT molecular complexity index is 1520. The van der Waals surface area contributed by atoms with Gasteiger partial charge in [-0.2, -0.15) is 23.1 Å². The molecule has 3 aromatic rings. The Morgan fingerprint density at radius 2 is 1.83 bits per heavy atom. The second-order valence-corrected chi connectivity index (χ2v) is 12.0. The normalized spacial score (nSPS) is 27.7. The number of hydrogen-bond donors (Lipinski definition) is 2. The predicted octanol–water partition coefficient (Wildman–Crippen LogP) is 5.07. The quantitative estimate of drug-likeness (QED) is 0.316. The number of fused-ring (bicyclic) bond motifs is 4. The zero-order valence-electron chi connectivity index (χ0n) is 22.7. The number of piperazine rings is 1. The van der Waals surface area contributed by atoms with Crippen LogP contribution in [0.4, 0.5) is 37.8 Å². The van der Waals surface area contributed by atoms with Gasteiger partial charge < -0.3 is 20.7 Å². The molecule has 0 saturated carbocycles. The lowest BCUT2D eigenvalue weighted by atomic mass is 9.95. The number of nitrogens with one attached hydrogen (secondary N) is 1. The zero-order chi connectivity index (χ0) is 29.4. The van der Waals surface area contributed by atoms with E-state index in [1.165, 1.54) is 6.07 Å². The summed E-state index contributed by atoms with van der Waals surface area (Å²) in [6.45, 7) is 2.57. The monoisotopic (exact) mass is 592 g/mol. The van der Waals surface area contributed by atoms with E-state index in [0.29, 0.717) is 43.3 Å². The first-order valence-electron chi connectivity index (χ1n) is 14.2. The van der Waals surface area contributed by atoms with Crippen LogP contribution in [0.5, 0.6) is 6.01 Å². The largest absolute Gasteiger partial charge is 0.461 e. The molecule has 0 aliphatic carbocycles. The topological polar surface area (TPSA) is 79.5 Å². The standard InChI is InChI=1S/C29H30F6N6O/c30-16-10-28(6-1-7-41(28)11-16)14-42-27-38-25-20(26(39-27)40-12-17-2-3-18(13-40)37-17)5-4-19(24(25)32)15-8-21(31)23(22(36)9-15)29(33,34)35/h4-5,8-9,16-18,37H,1-3,6-7,10-14,36H2/t16-,17-,18+,28+/m1/s1. The molecule has 0 radical (unpaired) electrons. The van der Waals surface area contributed by atoms with E-state index in [2.05, 4.69) is 20.1 Å². The molecule has 2 aromatic carbocycles. The van der Waals surface area contributed by atoms with Crippen molar-refractivity contribution in [1.29, 1.82) is 0 Å². The molecule has 0 unspecified atom stereocenters. The number of nitrogen functional groups attached to an aromatic ring is 1. The van der Waals surface area contributed by atoms with Crippen LogP contribution in [-0.4, -0.2) is 71.4 Å². The Kier molecular flexibility index (Phi) is 6.46. The van der Waals surface area contributed by atoms with Gasteiger partial charge in [0.1, 0.15) is 35.5 Å². The van der Waals surface area contributed by atoms with E-state index in [-0.39, 0.29) is 41.3 Å². The minimum absolute atomic E-state index is 0.0684. The van der Waals surface area contributed by atoms with Crippen LogP contribution in [-0.2, 0) is 6.18 Å². The number of nitrogens with two attached hydrogens (primary N) is 1. The highest BCUT2D eigenvalue weighted by Gasteiger charge is 2.49. The zero-order valence-corrected chi connectivity index (χ0v) is 22.7. The number of alkyl halides is 4. The maximum Gasteiger partial charge on any atom is 0.421 e. The Morgan fingerprint density at radius 1 is 1.07 bits per heavy atom. The molecule has 0 spiro atoms. The van der Waals surface area contributed by atoms with Crippen LogP contribution in [0.15, 0.2) is 24.3 Å². The van der Waals surface area contributed by atoms with E-state index in [1.807, 2.05) is 0 Å². The number of halogens is 6. The highest BCUT2D eigenvalue weighted by atomic mass is 19.4. The molecule has 4 fully saturated rings. The third-order valence-electron chi connectivity index (χ3n) is 9.23. The van der Waals surface area contributed by atoms with Gasteiger partial charge in [0, 0.05) is 54.8 Å². The van der Waals surface area contributed by atoms with Gasteiger partial charge in [-0.05, 0) is 56.0 Å². The Labute approximate surface area is 238 Å². The first-order chi connectivity index (χ1) is 20.0. The van der Waals surface area contributed by atoms with Gasteiger partial charge in [0.25, 0.3) is 0 Å². The highest BCUT2D eigenvalue weighted by molar-refractivity contribution is 5.94. The lowest BCUT2D eigenvalue weighted by Crippen LogP contribution is -2.51. The Balaban J connectivity index is 1.31. The molecular weight excluding hydrogens is 562 g/mol. The van der Waals surface area contributed by atoms with Crippen LogP contribution in [0.3, 0.4) is 0 Å². The molecule has 4 aliphatic rings. The molecule has 7 nitrogen and oxygen atoms in total. The number of hydrogen-bond acceptors (Lipinski definition) is 7. The smallest absolute Gasteiger partial charge is 0.421 e. The van der Waals surface area contributed by atoms with Gasteiger partial charge in [-0.1, -0.05) is 6.07 Å². The summed E-state index contributed by atoms with van der Waals surface area (Å²) in [4.78, 5) is 13.3. The predicted molar refractivity (Wildman–Crippen MR) is 145 cm³/mol. The summed E-state index contributed by atoms with van der Waals surface area (Å²) in [5, 5.41) is 3.95. The molecule has 1 aromatic heterocycles. The summed E-state index contributed by atoms with van der Waals surface area (Å²) in [6.07, 6.45) is -1.89. The summed E-state index contributed by atoms with van der Waals surface area (Å²) in [6, 6.07) is 4.94. The van der Waals surface area contributed by atoms with Crippen molar-refractivity contribution in [1.82, 2.24) is 20.2 Å². The van der Waals surface area contributed by atoms with E-state index in [9.17, 15) is 22.0 Å². The molecule has 0 amide bonds. The first kappa shape index (κ1) is 27.5. The van der Waals surface area contributed by atoms with Gasteiger partial charge in [-0.25, -0.2) is 13.2 Å². The van der Waals surface area contributed by atoms with E-state index in [0.717, 1.165) is 38.3 Å². The number of rotatable bonds is 5. The second kappa shape index (κ2) is 9.87. The third-order valence-corrected chi connectivity index (χ3v) is 9.23. The van der Waals surface area contributed by atoms with Gasteiger partial charge in [-0.15, -0.1) is 0 Å². The average molecular weight is 593 g/mol. The molecular formula is C29H30F6N6O. The second-order valence-electron chi connectivity index (χ2n) is 12.0. The molecule has 2 bridgehead atoms. The average Bonchev–Trinajstić information content (AvgIpc) is 3.56. The summed E-state index contributed by atoms with van der Waals surface area (Å²) >= 11 is 0. The van der Waals surface area contributed by atoms with Crippen molar-refractivity contribution in [3.8, 4) is 17.1 Å². The lowest BCUT2D eigenvalue weighted by molar-refractivity contribution is -0.139. The SMILES string of the molecule is Nc1cc(-c2ccc3c(N4C[C@H]5CC[C@@H](C4)N5)nc(OC[C@@]45CCCN4C[C@H](F)C5)nc3c2F)cc(F)c1C(F)(F)F. The van der Waals surface area contributed by atoms with Crippen LogP contribution in [0.1, 0.15) is 37.7 Å². The number of ether oxygens (including phenoxy) is 1. The molecule has 4 aliphatic heterocycles. The maximum absolute atomic E-state index is 16.2. The number of anilines is 2. The van der Waals surface area contributed by atoms with E-state index in [4.69, 9.17) is 15.5 Å². The summed E-state index contributed by atoms with van der Waals surface area (Å²) in [5.74, 6) is -1.97. The van der Waals surface area contributed by atoms with Crippen molar-refractivity contribution in [3.63, 3.8) is 0 Å². The minimum Gasteiger partial charge on any atom is -0.461 e. The van der Waals surface area contributed by atoms with Gasteiger partial charge >= 0.3 is 12.2 Å². The van der Waals surface area contributed by atoms with Crippen molar-refractivity contribution in [2.75, 3.05) is 43.4 Å². The number of benzene rings is 2. The van der Waals surface area contributed by atoms with Crippen LogP contribution >= 0.6 is 0 Å². The van der Waals surface area contributed by atoms with Crippen molar-refractivity contribution in [3.05, 3.63) is 41.5 Å². The van der Waals surface area contributed by atoms with Crippen LogP contribution < -0.4 is 20.7 Å². The summed E-state index contributed by atoms with van der Waals surface area (Å²) < 4.78 is 91.1. The van der Waals surface area contributed by atoms with E-state index in [1.54, 1.807) is 6.07 Å². The molecule has 7 rings (SSSR count). The van der Waals surface area contributed by atoms with Crippen molar-refractivity contribution < 1.29 is 31.1 Å². The van der Waals surface area contributed by atoms with Crippen molar-refractivity contribution >= 4 is 22.4 Å². The molecule has 4 saturated heterocycles. The van der Waals surface area contributed by atoms with Crippen molar-refractivity contribution in [2.45, 2.75) is 62.1 Å². The summed E-state index contributed by atoms with van der Waals surface area (Å²) in [5.41, 5.74) is 2.24. The molecule has 13 heteroatoms. The molecule has 42 heavy (non-hydrogen) atoms. The summed E-state index contributed by atoms with van der Waals surface area (Å²) in [7, 11) is 0. The van der Waals surface area contributed by atoms with Gasteiger partial charge in [0.2, 0.25) is 0 Å². The lowest BCUT2D eigenvalue weighted by Gasteiger charge is -2.34. The molecule has 224 valence electrons. The van der Waals surface area contributed by atoms with Gasteiger partial charge in [0.15, 0.2) is 5.82 Å².